The van der Waals surface area contributed by atoms with Gasteiger partial charge < -0.3 is 29.7 Å². The summed E-state index contributed by atoms with van der Waals surface area (Å²) in [5, 5.41) is 0. The Labute approximate surface area is 199 Å². The monoisotopic (exact) mass is 485 g/mol. The molecule has 1 fully saturated rings. The number of imidazole rings is 1. The van der Waals surface area contributed by atoms with Gasteiger partial charge in [-0.1, -0.05) is 6.92 Å². The SMILES string of the molecule is CCCOc1nccc(-c2[nH]c(C3OCC(C)(C(=O)OC(N)=O)CO3)nc2-c2ccc(F)cc2)n1. The molecule has 3 N–H and O–H groups in total. The van der Waals surface area contributed by atoms with Crippen molar-refractivity contribution in [2.75, 3.05) is 19.8 Å². The second-order valence-electron chi connectivity index (χ2n) is 8.15. The number of hydrogen-bond donors (Lipinski definition) is 2. The van der Waals surface area contributed by atoms with E-state index in [9.17, 15) is 14.0 Å². The Kier molecular flexibility index (Phi) is 7.03. The van der Waals surface area contributed by atoms with Gasteiger partial charge in [0.2, 0.25) is 6.29 Å². The highest BCUT2D eigenvalue weighted by atomic mass is 19.1. The maximum Gasteiger partial charge on any atom is 0.412 e. The molecule has 11 nitrogen and oxygen atoms in total. The maximum atomic E-state index is 13.5. The first-order chi connectivity index (χ1) is 16.8. The van der Waals surface area contributed by atoms with E-state index in [2.05, 4.69) is 24.7 Å². The molecule has 35 heavy (non-hydrogen) atoms. The summed E-state index contributed by atoms with van der Waals surface area (Å²) in [5.74, 6) is -0.931. The number of aromatic amines is 1. The third-order valence-corrected chi connectivity index (χ3v) is 5.18. The molecule has 0 unspecified atom stereocenters. The van der Waals surface area contributed by atoms with Crippen molar-refractivity contribution < 1.29 is 32.9 Å². The molecule has 2 aromatic heterocycles. The molecule has 3 heterocycles. The summed E-state index contributed by atoms with van der Waals surface area (Å²) < 4.78 is 35.0. The van der Waals surface area contributed by atoms with Crippen molar-refractivity contribution in [1.29, 1.82) is 0 Å². The molecule has 1 aromatic carbocycles. The van der Waals surface area contributed by atoms with E-state index in [-0.39, 0.29) is 25.0 Å². The number of ether oxygens (including phenoxy) is 4. The molecular weight excluding hydrogens is 461 g/mol. The van der Waals surface area contributed by atoms with Crippen molar-refractivity contribution in [3.8, 4) is 28.7 Å². The lowest BCUT2D eigenvalue weighted by atomic mass is 9.92. The van der Waals surface area contributed by atoms with Crippen LogP contribution >= 0.6 is 0 Å². The zero-order chi connectivity index (χ0) is 25.0. The summed E-state index contributed by atoms with van der Waals surface area (Å²) >= 11 is 0. The Morgan fingerprint density at radius 1 is 1.20 bits per heavy atom. The van der Waals surface area contributed by atoms with Gasteiger partial charge in [-0.25, -0.2) is 19.2 Å². The highest BCUT2D eigenvalue weighted by Crippen LogP contribution is 2.36. The number of aromatic nitrogens is 4. The molecule has 3 aromatic rings. The van der Waals surface area contributed by atoms with E-state index in [1.807, 2.05) is 6.92 Å². The van der Waals surface area contributed by atoms with E-state index >= 15 is 0 Å². The molecule has 1 amide bonds. The molecule has 0 atom stereocenters. The number of carbonyl (C=O) groups excluding carboxylic acids is 2. The van der Waals surface area contributed by atoms with Crippen molar-refractivity contribution >= 4 is 12.1 Å². The number of hydrogen-bond acceptors (Lipinski definition) is 9. The van der Waals surface area contributed by atoms with Crippen molar-refractivity contribution in [3.63, 3.8) is 0 Å². The third-order valence-electron chi connectivity index (χ3n) is 5.18. The fourth-order valence-corrected chi connectivity index (χ4v) is 3.35. The molecule has 1 aliphatic heterocycles. The highest BCUT2D eigenvalue weighted by Gasteiger charge is 2.43. The summed E-state index contributed by atoms with van der Waals surface area (Å²) in [4.78, 5) is 39.5. The first-order valence-corrected chi connectivity index (χ1v) is 10.9. The predicted octanol–water partition coefficient (Wildman–Crippen LogP) is 3.14. The number of halogens is 1. The van der Waals surface area contributed by atoms with Gasteiger partial charge in [0.15, 0.2) is 5.82 Å². The van der Waals surface area contributed by atoms with Crippen molar-refractivity contribution in [1.82, 2.24) is 19.9 Å². The number of carbonyl (C=O) groups is 2. The first kappa shape index (κ1) is 24.2. The first-order valence-electron chi connectivity index (χ1n) is 10.9. The normalized spacial score (nSPS) is 19.8. The van der Waals surface area contributed by atoms with Crippen LogP contribution in [0, 0.1) is 11.2 Å². The Morgan fingerprint density at radius 3 is 2.57 bits per heavy atom. The second kappa shape index (κ2) is 10.2. The average molecular weight is 485 g/mol. The molecule has 4 rings (SSSR count). The van der Waals surface area contributed by atoms with E-state index in [1.165, 1.54) is 19.1 Å². The number of nitrogens with zero attached hydrogens (tertiary/aromatic N) is 3. The van der Waals surface area contributed by atoms with Gasteiger partial charge in [0.1, 0.15) is 11.2 Å². The standard InChI is InChI=1S/C23H24FN5O6/c1-3-10-32-22-26-9-8-15(27-22)17-16(13-4-6-14(24)7-5-13)28-18(29-17)19-33-11-23(2,12-34-19)20(30)35-21(25)31/h4-9,19H,3,10-12H2,1-2H3,(H2,25,31)(H,28,29). The molecule has 0 saturated carbocycles. The van der Waals surface area contributed by atoms with Crippen LogP contribution in [0.25, 0.3) is 22.6 Å². The molecule has 12 heteroatoms. The lowest BCUT2D eigenvalue weighted by Gasteiger charge is -2.34. The van der Waals surface area contributed by atoms with Crippen LogP contribution in [0.5, 0.6) is 6.01 Å². The van der Waals surface area contributed by atoms with Crippen LogP contribution < -0.4 is 10.5 Å². The zero-order valence-electron chi connectivity index (χ0n) is 19.1. The molecule has 1 aliphatic rings. The topological polar surface area (TPSA) is 152 Å². The van der Waals surface area contributed by atoms with Crippen LogP contribution in [0.15, 0.2) is 36.5 Å². The Morgan fingerprint density at radius 2 is 1.91 bits per heavy atom. The minimum absolute atomic E-state index is 0.103. The summed E-state index contributed by atoms with van der Waals surface area (Å²) in [7, 11) is 0. The number of benzene rings is 1. The minimum Gasteiger partial charge on any atom is -0.463 e. The van der Waals surface area contributed by atoms with Gasteiger partial charge >= 0.3 is 18.1 Å². The van der Waals surface area contributed by atoms with Gasteiger partial charge in [0.25, 0.3) is 0 Å². The van der Waals surface area contributed by atoms with E-state index in [0.29, 0.717) is 35.1 Å². The lowest BCUT2D eigenvalue weighted by Crippen LogP contribution is -2.45. The van der Waals surface area contributed by atoms with Gasteiger partial charge in [-0.15, -0.1) is 0 Å². The second-order valence-corrected chi connectivity index (χ2v) is 8.15. The number of primary amides is 1. The molecule has 0 aliphatic carbocycles. The summed E-state index contributed by atoms with van der Waals surface area (Å²) in [6.07, 6.45) is 0.205. The third kappa shape index (κ3) is 5.44. The quantitative estimate of drug-likeness (QED) is 0.380. The van der Waals surface area contributed by atoms with Crippen molar-refractivity contribution in [2.24, 2.45) is 11.1 Å². The van der Waals surface area contributed by atoms with Gasteiger partial charge in [0.05, 0.1) is 36.9 Å². The number of H-pyrrole nitrogens is 1. The molecule has 184 valence electrons. The predicted molar refractivity (Wildman–Crippen MR) is 119 cm³/mol. The van der Waals surface area contributed by atoms with Crippen LogP contribution in [0.1, 0.15) is 32.4 Å². The molecular formula is C23H24FN5O6. The summed E-state index contributed by atoms with van der Waals surface area (Å²) in [6, 6.07) is 7.73. The minimum atomic E-state index is -1.22. The van der Waals surface area contributed by atoms with E-state index < -0.39 is 23.8 Å². The lowest BCUT2D eigenvalue weighted by molar-refractivity contribution is -0.236. The van der Waals surface area contributed by atoms with Gasteiger partial charge in [-0.2, -0.15) is 4.98 Å². The molecule has 0 spiro atoms. The zero-order valence-corrected chi connectivity index (χ0v) is 19.1. The number of rotatable bonds is 7. The Bertz CT molecular complexity index is 1210. The fraction of sp³-hybridized carbons (Fsp3) is 0.348. The molecule has 0 radical (unpaired) electrons. The number of nitrogens with one attached hydrogen (secondary N) is 1. The average Bonchev–Trinajstić information content (AvgIpc) is 3.29. The van der Waals surface area contributed by atoms with Gasteiger partial charge in [-0.3, -0.25) is 4.79 Å². The van der Waals surface area contributed by atoms with Crippen LogP contribution in [0.2, 0.25) is 0 Å². The van der Waals surface area contributed by atoms with Crippen LogP contribution in [0.4, 0.5) is 9.18 Å². The Hall–Kier alpha value is -3.90. The molecule has 0 bridgehead atoms. The van der Waals surface area contributed by atoms with Crippen molar-refractivity contribution in [3.05, 3.63) is 48.2 Å². The summed E-state index contributed by atoms with van der Waals surface area (Å²) in [5.41, 5.74) is 5.83. The summed E-state index contributed by atoms with van der Waals surface area (Å²) in [6.45, 7) is 3.76. The smallest absolute Gasteiger partial charge is 0.412 e. The van der Waals surface area contributed by atoms with Crippen LogP contribution in [0.3, 0.4) is 0 Å². The fourth-order valence-electron chi connectivity index (χ4n) is 3.35. The largest absolute Gasteiger partial charge is 0.463 e. The van der Waals surface area contributed by atoms with E-state index in [1.54, 1.807) is 24.4 Å². The van der Waals surface area contributed by atoms with Crippen LogP contribution in [-0.2, 0) is 19.0 Å². The van der Waals surface area contributed by atoms with Crippen LogP contribution in [-0.4, -0.2) is 51.8 Å². The number of esters is 1. The Balaban J connectivity index is 1.64. The maximum absolute atomic E-state index is 13.5. The van der Waals surface area contributed by atoms with Crippen molar-refractivity contribution in [2.45, 2.75) is 26.6 Å². The highest BCUT2D eigenvalue weighted by molar-refractivity contribution is 5.87. The van der Waals surface area contributed by atoms with E-state index in [4.69, 9.17) is 19.9 Å². The number of nitrogens with two attached hydrogens (primary N) is 1. The van der Waals surface area contributed by atoms with Gasteiger partial charge in [0, 0.05) is 11.8 Å². The molecule has 1 saturated heterocycles. The van der Waals surface area contributed by atoms with E-state index in [0.717, 1.165) is 6.42 Å². The number of amides is 1. The van der Waals surface area contributed by atoms with Gasteiger partial charge in [-0.05, 0) is 43.7 Å².